The predicted octanol–water partition coefficient (Wildman–Crippen LogP) is 2.07. The highest BCUT2D eigenvalue weighted by Crippen LogP contribution is 2.17. The van der Waals surface area contributed by atoms with Gasteiger partial charge in [-0.25, -0.2) is 8.42 Å². The highest BCUT2D eigenvalue weighted by molar-refractivity contribution is 7.92. The first-order valence-electron chi connectivity index (χ1n) is 7.15. The summed E-state index contributed by atoms with van der Waals surface area (Å²) in [5, 5.41) is 2.76. The number of sulfonamides is 1. The van der Waals surface area contributed by atoms with Crippen LogP contribution in [0.15, 0.2) is 24.3 Å². The van der Waals surface area contributed by atoms with Gasteiger partial charge >= 0.3 is 0 Å². The van der Waals surface area contributed by atoms with E-state index < -0.39 is 10.0 Å². The third-order valence-corrected chi connectivity index (χ3v) is 4.31. The first kappa shape index (κ1) is 17.5. The van der Waals surface area contributed by atoms with Crippen LogP contribution in [0.4, 0.5) is 5.69 Å². The van der Waals surface area contributed by atoms with Crippen molar-refractivity contribution in [3.63, 3.8) is 0 Å². The molecular weight excluding hydrogens is 288 g/mol. The smallest absolute Gasteiger partial charge is 0.232 e. The molecule has 1 aromatic rings. The monoisotopic (exact) mass is 312 g/mol. The molecule has 0 fully saturated rings. The van der Waals surface area contributed by atoms with Gasteiger partial charge in [0.05, 0.1) is 18.5 Å². The second kappa shape index (κ2) is 8.02. The molecule has 0 aromatic heterocycles. The maximum Gasteiger partial charge on any atom is 0.232 e. The minimum absolute atomic E-state index is 0.0331. The molecule has 1 rings (SSSR count). The van der Waals surface area contributed by atoms with Gasteiger partial charge in [-0.05, 0) is 25.5 Å². The van der Waals surface area contributed by atoms with Crippen molar-refractivity contribution in [2.45, 2.75) is 33.1 Å². The van der Waals surface area contributed by atoms with E-state index in [1.165, 1.54) is 10.6 Å². The summed E-state index contributed by atoms with van der Waals surface area (Å²) in [5.41, 5.74) is 1.69. The number of amides is 1. The van der Waals surface area contributed by atoms with E-state index in [0.717, 1.165) is 18.4 Å². The fourth-order valence-corrected chi connectivity index (χ4v) is 2.85. The average molecular weight is 312 g/mol. The summed E-state index contributed by atoms with van der Waals surface area (Å²) in [7, 11) is -3.36. The molecule has 0 aliphatic carbocycles. The molecule has 1 N–H and O–H groups in total. The SMILES string of the molecule is CCCCC(=O)NCCN(c1ccc(C)cc1)S(C)(=O)=O. The summed E-state index contributed by atoms with van der Waals surface area (Å²) in [6, 6.07) is 7.28. The van der Waals surface area contributed by atoms with Crippen LogP contribution in [0.25, 0.3) is 0 Å². The standard InChI is InChI=1S/C15H24N2O3S/c1-4-5-6-15(18)16-11-12-17(21(3,19)20)14-9-7-13(2)8-10-14/h7-10H,4-6,11-12H2,1-3H3,(H,16,18). The molecule has 0 aliphatic heterocycles. The van der Waals surface area contributed by atoms with Crippen molar-refractivity contribution < 1.29 is 13.2 Å². The highest BCUT2D eigenvalue weighted by atomic mass is 32.2. The van der Waals surface area contributed by atoms with Gasteiger partial charge in [-0.3, -0.25) is 9.10 Å². The fourth-order valence-electron chi connectivity index (χ4n) is 1.92. The largest absolute Gasteiger partial charge is 0.354 e. The van der Waals surface area contributed by atoms with Crippen molar-refractivity contribution in [3.8, 4) is 0 Å². The fraction of sp³-hybridized carbons (Fsp3) is 0.533. The molecule has 0 aliphatic rings. The number of nitrogens with one attached hydrogen (secondary N) is 1. The van der Waals surface area contributed by atoms with Crippen LogP contribution < -0.4 is 9.62 Å². The first-order valence-corrected chi connectivity index (χ1v) is 9.00. The molecule has 1 amide bonds. The molecule has 0 saturated carbocycles. The Morgan fingerprint density at radius 3 is 2.38 bits per heavy atom. The van der Waals surface area contributed by atoms with Gasteiger partial charge in [-0.1, -0.05) is 31.0 Å². The maximum absolute atomic E-state index is 11.9. The Balaban J connectivity index is 2.65. The van der Waals surface area contributed by atoms with E-state index in [9.17, 15) is 13.2 Å². The summed E-state index contributed by atoms with van der Waals surface area (Å²) in [6.07, 6.45) is 3.47. The molecule has 118 valence electrons. The third-order valence-electron chi connectivity index (χ3n) is 3.12. The number of benzene rings is 1. The van der Waals surface area contributed by atoms with E-state index in [0.29, 0.717) is 18.7 Å². The molecule has 0 unspecified atom stereocenters. The Morgan fingerprint density at radius 1 is 1.24 bits per heavy atom. The molecular formula is C15H24N2O3S. The van der Waals surface area contributed by atoms with Gasteiger partial charge in [0.2, 0.25) is 15.9 Å². The molecule has 0 spiro atoms. The first-order chi connectivity index (χ1) is 9.84. The zero-order chi connectivity index (χ0) is 15.9. The van der Waals surface area contributed by atoms with Gasteiger partial charge in [-0.2, -0.15) is 0 Å². The molecule has 0 bridgehead atoms. The van der Waals surface area contributed by atoms with Gasteiger partial charge in [0.15, 0.2) is 0 Å². The van der Waals surface area contributed by atoms with Crippen molar-refractivity contribution in [1.82, 2.24) is 5.32 Å². The Labute approximate surface area is 127 Å². The number of nitrogens with zero attached hydrogens (tertiary/aromatic N) is 1. The number of carbonyl (C=O) groups excluding carboxylic acids is 1. The van der Waals surface area contributed by atoms with E-state index in [2.05, 4.69) is 5.32 Å². The Morgan fingerprint density at radius 2 is 1.86 bits per heavy atom. The van der Waals surface area contributed by atoms with Crippen molar-refractivity contribution in [3.05, 3.63) is 29.8 Å². The quantitative estimate of drug-likeness (QED) is 0.799. The summed E-state index contributed by atoms with van der Waals surface area (Å²) < 4.78 is 25.1. The lowest BCUT2D eigenvalue weighted by atomic mass is 10.2. The van der Waals surface area contributed by atoms with Gasteiger partial charge in [0.25, 0.3) is 0 Å². The molecule has 6 heteroatoms. The zero-order valence-corrected chi connectivity index (χ0v) is 13.7. The number of unbranched alkanes of at least 4 members (excludes halogenated alkanes) is 1. The summed E-state index contributed by atoms with van der Waals surface area (Å²) >= 11 is 0. The van der Waals surface area contributed by atoms with E-state index in [-0.39, 0.29) is 12.5 Å². The van der Waals surface area contributed by atoms with Gasteiger partial charge < -0.3 is 5.32 Å². The number of hydrogen-bond donors (Lipinski definition) is 1. The van der Waals surface area contributed by atoms with Crippen LogP contribution in [-0.2, 0) is 14.8 Å². The molecule has 21 heavy (non-hydrogen) atoms. The van der Waals surface area contributed by atoms with Crippen LogP contribution in [0.3, 0.4) is 0 Å². The van der Waals surface area contributed by atoms with E-state index in [1.54, 1.807) is 12.1 Å². The number of aryl methyl sites for hydroxylation is 1. The number of carbonyl (C=O) groups is 1. The lowest BCUT2D eigenvalue weighted by Gasteiger charge is -2.22. The van der Waals surface area contributed by atoms with Crippen molar-refractivity contribution in [2.24, 2.45) is 0 Å². The summed E-state index contributed by atoms with van der Waals surface area (Å²) in [4.78, 5) is 11.5. The third kappa shape index (κ3) is 6.16. The maximum atomic E-state index is 11.9. The molecule has 5 nitrogen and oxygen atoms in total. The van der Waals surface area contributed by atoms with Crippen molar-refractivity contribution >= 4 is 21.6 Å². The van der Waals surface area contributed by atoms with Gasteiger partial charge in [0, 0.05) is 13.0 Å². The second-order valence-corrected chi connectivity index (χ2v) is 7.03. The number of anilines is 1. The Kier molecular flexibility index (Phi) is 6.68. The summed E-state index contributed by atoms with van der Waals surface area (Å²) in [5.74, 6) is -0.0331. The molecule has 0 radical (unpaired) electrons. The van der Waals surface area contributed by atoms with E-state index >= 15 is 0 Å². The van der Waals surface area contributed by atoms with E-state index in [4.69, 9.17) is 0 Å². The van der Waals surface area contributed by atoms with Crippen LogP contribution in [0.2, 0.25) is 0 Å². The molecule has 0 heterocycles. The Hall–Kier alpha value is -1.56. The minimum Gasteiger partial charge on any atom is -0.354 e. The average Bonchev–Trinajstić information content (AvgIpc) is 2.41. The topological polar surface area (TPSA) is 66.5 Å². The molecule has 1 aromatic carbocycles. The predicted molar refractivity (Wildman–Crippen MR) is 85.9 cm³/mol. The van der Waals surface area contributed by atoms with Crippen LogP contribution in [-0.4, -0.2) is 33.7 Å². The van der Waals surface area contributed by atoms with Crippen molar-refractivity contribution in [2.75, 3.05) is 23.7 Å². The lowest BCUT2D eigenvalue weighted by Crippen LogP contribution is -2.38. The normalized spacial score (nSPS) is 11.2. The Bertz CT molecular complexity index is 553. The van der Waals surface area contributed by atoms with E-state index in [1.807, 2.05) is 26.0 Å². The lowest BCUT2D eigenvalue weighted by molar-refractivity contribution is -0.121. The highest BCUT2D eigenvalue weighted by Gasteiger charge is 2.17. The summed E-state index contributed by atoms with van der Waals surface area (Å²) in [6.45, 7) is 4.52. The van der Waals surface area contributed by atoms with Crippen LogP contribution in [0.5, 0.6) is 0 Å². The van der Waals surface area contributed by atoms with Gasteiger partial charge in [0.1, 0.15) is 0 Å². The number of hydrogen-bond acceptors (Lipinski definition) is 3. The van der Waals surface area contributed by atoms with Gasteiger partial charge in [-0.15, -0.1) is 0 Å². The van der Waals surface area contributed by atoms with Crippen LogP contribution in [0.1, 0.15) is 31.7 Å². The van der Waals surface area contributed by atoms with Crippen LogP contribution in [0, 0.1) is 6.92 Å². The molecule has 0 atom stereocenters. The molecule has 0 saturated heterocycles. The van der Waals surface area contributed by atoms with Crippen LogP contribution >= 0.6 is 0 Å². The van der Waals surface area contributed by atoms with Crippen molar-refractivity contribution in [1.29, 1.82) is 0 Å². The zero-order valence-electron chi connectivity index (χ0n) is 12.9. The second-order valence-electron chi connectivity index (χ2n) is 5.12. The minimum atomic E-state index is -3.36. The number of rotatable bonds is 8.